The lowest BCUT2D eigenvalue weighted by molar-refractivity contribution is 0.0943. The van der Waals surface area contributed by atoms with E-state index in [0.29, 0.717) is 6.42 Å². The zero-order valence-electron chi connectivity index (χ0n) is 10.2. The van der Waals surface area contributed by atoms with E-state index < -0.39 is 0 Å². The molecule has 0 aliphatic heterocycles. The molecule has 0 aromatic carbocycles. The van der Waals surface area contributed by atoms with E-state index in [1.165, 1.54) is 12.8 Å². The highest BCUT2D eigenvalue weighted by molar-refractivity contribution is 5.80. The largest absolute Gasteiger partial charge is 0.409 e. The maximum atomic E-state index is 8.47. The van der Waals surface area contributed by atoms with Crippen molar-refractivity contribution in [3.05, 3.63) is 0 Å². The Kier molecular flexibility index (Phi) is 5.55. The molecule has 3 N–H and O–H groups in total. The molecule has 0 saturated heterocycles. The smallest absolute Gasteiger partial charge is 0.140 e. The molecule has 16 heavy (non-hydrogen) atoms. The molecule has 1 atom stereocenters. The second-order valence-corrected chi connectivity index (χ2v) is 4.64. The second-order valence-electron chi connectivity index (χ2n) is 4.64. The van der Waals surface area contributed by atoms with Crippen LogP contribution in [0.2, 0.25) is 0 Å². The molecular weight excluding hydrogens is 206 g/mol. The molecular formula is C11H23N3O2. The van der Waals surface area contributed by atoms with Gasteiger partial charge in [-0.1, -0.05) is 5.16 Å². The number of rotatable bonds is 8. The molecule has 5 heteroatoms. The van der Waals surface area contributed by atoms with Crippen LogP contribution in [0.1, 0.15) is 26.2 Å². The van der Waals surface area contributed by atoms with Crippen molar-refractivity contribution < 1.29 is 9.94 Å². The van der Waals surface area contributed by atoms with Crippen LogP contribution >= 0.6 is 0 Å². The first kappa shape index (κ1) is 13.3. The Bertz CT molecular complexity index is 229. The third-order valence-corrected chi connectivity index (χ3v) is 3.02. The van der Waals surface area contributed by atoms with E-state index in [9.17, 15) is 0 Å². The van der Waals surface area contributed by atoms with Crippen molar-refractivity contribution in [2.75, 3.05) is 26.8 Å². The molecule has 1 fully saturated rings. The standard InChI is InChI=1S/C11H23N3O2/c1-9(7-11(12)13-15)14(2)5-6-16-8-10-3-4-10/h9-10,15H,3-8H2,1-2H3,(H2,12,13). The number of oxime groups is 1. The lowest BCUT2D eigenvalue weighted by Crippen LogP contribution is -2.35. The molecule has 0 bridgehead atoms. The summed E-state index contributed by atoms with van der Waals surface area (Å²) in [7, 11) is 2.02. The highest BCUT2D eigenvalue weighted by Gasteiger charge is 2.21. The summed E-state index contributed by atoms with van der Waals surface area (Å²) in [5.74, 6) is 1.10. The van der Waals surface area contributed by atoms with Crippen molar-refractivity contribution in [1.82, 2.24) is 4.90 Å². The number of likely N-dealkylation sites (N-methyl/N-ethyl adjacent to an activating group) is 1. The predicted molar refractivity (Wildman–Crippen MR) is 63.7 cm³/mol. The van der Waals surface area contributed by atoms with Crippen LogP contribution in [0.3, 0.4) is 0 Å². The van der Waals surface area contributed by atoms with Crippen LogP contribution in [0.5, 0.6) is 0 Å². The van der Waals surface area contributed by atoms with Crippen molar-refractivity contribution in [2.45, 2.75) is 32.2 Å². The first-order valence-electron chi connectivity index (χ1n) is 5.88. The van der Waals surface area contributed by atoms with Gasteiger partial charge in [-0.3, -0.25) is 0 Å². The fourth-order valence-electron chi connectivity index (χ4n) is 1.46. The average molecular weight is 229 g/mol. The molecule has 1 saturated carbocycles. The Hall–Kier alpha value is -0.810. The Morgan fingerprint density at radius 1 is 1.62 bits per heavy atom. The molecule has 1 aliphatic carbocycles. The number of nitrogens with zero attached hydrogens (tertiary/aromatic N) is 2. The normalized spacial score (nSPS) is 19.1. The fourth-order valence-corrected chi connectivity index (χ4v) is 1.46. The summed E-state index contributed by atoms with van der Waals surface area (Å²) in [6, 6.07) is 0.264. The van der Waals surface area contributed by atoms with Gasteiger partial charge in [-0.05, 0) is 32.7 Å². The molecule has 0 aromatic rings. The van der Waals surface area contributed by atoms with Crippen LogP contribution < -0.4 is 5.73 Å². The van der Waals surface area contributed by atoms with E-state index in [2.05, 4.69) is 17.0 Å². The van der Waals surface area contributed by atoms with Crippen molar-refractivity contribution >= 4 is 5.84 Å². The number of amidine groups is 1. The number of nitrogens with two attached hydrogens (primary N) is 1. The number of hydrogen-bond donors (Lipinski definition) is 2. The zero-order chi connectivity index (χ0) is 12.0. The first-order chi connectivity index (χ1) is 7.63. The summed E-state index contributed by atoms with van der Waals surface area (Å²) in [6.07, 6.45) is 3.24. The van der Waals surface area contributed by atoms with Gasteiger partial charge in [0.1, 0.15) is 5.84 Å². The van der Waals surface area contributed by atoms with Gasteiger partial charge >= 0.3 is 0 Å². The van der Waals surface area contributed by atoms with E-state index in [1.807, 2.05) is 7.05 Å². The van der Waals surface area contributed by atoms with Crippen LogP contribution in [-0.4, -0.2) is 48.8 Å². The average Bonchev–Trinajstić information content (AvgIpc) is 3.07. The summed E-state index contributed by atoms with van der Waals surface area (Å²) in [5, 5.41) is 11.4. The quantitative estimate of drug-likeness (QED) is 0.213. The molecule has 5 nitrogen and oxygen atoms in total. The second kappa shape index (κ2) is 6.70. The van der Waals surface area contributed by atoms with Crippen LogP contribution in [0.25, 0.3) is 0 Å². The molecule has 0 radical (unpaired) electrons. The fraction of sp³-hybridized carbons (Fsp3) is 0.909. The van der Waals surface area contributed by atoms with Gasteiger partial charge in [-0.2, -0.15) is 0 Å². The van der Waals surface area contributed by atoms with E-state index in [4.69, 9.17) is 15.7 Å². The number of hydrogen-bond acceptors (Lipinski definition) is 4. The van der Waals surface area contributed by atoms with Crippen molar-refractivity contribution in [3.8, 4) is 0 Å². The third-order valence-electron chi connectivity index (χ3n) is 3.02. The van der Waals surface area contributed by atoms with Crippen molar-refractivity contribution in [1.29, 1.82) is 0 Å². The molecule has 0 spiro atoms. The Balaban J connectivity index is 2.04. The van der Waals surface area contributed by atoms with Crippen molar-refractivity contribution in [3.63, 3.8) is 0 Å². The molecule has 0 amide bonds. The summed E-state index contributed by atoms with van der Waals surface area (Å²) < 4.78 is 5.56. The summed E-state index contributed by atoms with van der Waals surface area (Å²) in [6.45, 7) is 4.60. The Morgan fingerprint density at radius 2 is 2.31 bits per heavy atom. The summed E-state index contributed by atoms with van der Waals surface area (Å²) >= 11 is 0. The van der Waals surface area contributed by atoms with Gasteiger partial charge in [-0.15, -0.1) is 0 Å². The van der Waals surface area contributed by atoms with E-state index in [-0.39, 0.29) is 11.9 Å². The van der Waals surface area contributed by atoms with Crippen LogP contribution in [0, 0.1) is 5.92 Å². The topological polar surface area (TPSA) is 71.1 Å². The van der Waals surface area contributed by atoms with Gasteiger partial charge < -0.3 is 20.6 Å². The van der Waals surface area contributed by atoms with Crippen LogP contribution in [0.4, 0.5) is 0 Å². The molecule has 0 heterocycles. The third kappa shape index (κ3) is 5.32. The molecule has 1 rings (SSSR count). The molecule has 1 aliphatic rings. The van der Waals surface area contributed by atoms with Gasteiger partial charge in [0.05, 0.1) is 6.61 Å². The highest BCUT2D eigenvalue weighted by Crippen LogP contribution is 2.28. The van der Waals surface area contributed by atoms with Crippen LogP contribution in [0.15, 0.2) is 5.16 Å². The first-order valence-corrected chi connectivity index (χ1v) is 5.88. The van der Waals surface area contributed by atoms with E-state index in [1.54, 1.807) is 0 Å². The van der Waals surface area contributed by atoms with Gasteiger partial charge in [0.15, 0.2) is 0 Å². The Labute approximate surface area is 97.2 Å². The Morgan fingerprint density at radius 3 is 2.88 bits per heavy atom. The minimum Gasteiger partial charge on any atom is -0.409 e. The van der Waals surface area contributed by atoms with Crippen LogP contribution in [-0.2, 0) is 4.74 Å². The van der Waals surface area contributed by atoms with Gasteiger partial charge in [0, 0.05) is 25.6 Å². The monoisotopic (exact) mass is 229 g/mol. The molecule has 94 valence electrons. The molecule has 0 aromatic heterocycles. The lowest BCUT2D eigenvalue weighted by atomic mass is 10.2. The molecule has 1 unspecified atom stereocenters. The summed E-state index contributed by atoms with van der Waals surface area (Å²) in [4.78, 5) is 2.16. The van der Waals surface area contributed by atoms with Gasteiger partial charge in [0.2, 0.25) is 0 Å². The minimum atomic E-state index is 0.264. The maximum absolute atomic E-state index is 8.47. The van der Waals surface area contributed by atoms with Gasteiger partial charge in [0.25, 0.3) is 0 Å². The minimum absolute atomic E-state index is 0.264. The predicted octanol–water partition coefficient (Wildman–Crippen LogP) is 0.870. The lowest BCUT2D eigenvalue weighted by Gasteiger charge is -2.23. The highest BCUT2D eigenvalue weighted by atomic mass is 16.5. The maximum Gasteiger partial charge on any atom is 0.140 e. The summed E-state index contributed by atoms with van der Waals surface area (Å²) in [5.41, 5.74) is 5.46. The number of ether oxygens (including phenoxy) is 1. The van der Waals surface area contributed by atoms with E-state index in [0.717, 1.165) is 25.7 Å². The SMILES string of the molecule is CC(CC(N)=NO)N(C)CCOCC1CC1. The zero-order valence-corrected chi connectivity index (χ0v) is 10.2. The van der Waals surface area contributed by atoms with Gasteiger partial charge in [-0.25, -0.2) is 0 Å². The van der Waals surface area contributed by atoms with Crippen molar-refractivity contribution in [2.24, 2.45) is 16.8 Å². The van der Waals surface area contributed by atoms with E-state index >= 15 is 0 Å².